The summed E-state index contributed by atoms with van der Waals surface area (Å²) in [6, 6.07) is 11.1. The number of hydrogen-bond acceptors (Lipinski definition) is 4. The topological polar surface area (TPSA) is 52.6 Å². The van der Waals surface area contributed by atoms with Gasteiger partial charge >= 0.3 is 11.9 Å². The third-order valence-corrected chi connectivity index (χ3v) is 3.15. The Morgan fingerprint density at radius 3 is 2.35 bits per heavy atom. The summed E-state index contributed by atoms with van der Waals surface area (Å²) in [6.07, 6.45) is 0. The molecule has 2 rings (SSSR count). The SMILES string of the molecule is COC(=O)C(C)c1ccc2cc(OC(C)=O)ccc2c1. The Bertz CT molecular complexity index is 661. The van der Waals surface area contributed by atoms with E-state index in [1.165, 1.54) is 14.0 Å². The molecule has 0 aliphatic carbocycles. The molecule has 0 amide bonds. The molecule has 4 heteroatoms. The molecule has 2 aromatic rings. The molecule has 0 radical (unpaired) electrons. The molecule has 4 nitrogen and oxygen atoms in total. The molecule has 104 valence electrons. The molecule has 0 aliphatic rings. The number of ether oxygens (including phenoxy) is 2. The Balaban J connectivity index is 2.36. The average Bonchev–Trinajstić information content (AvgIpc) is 2.44. The number of rotatable bonds is 3. The summed E-state index contributed by atoms with van der Waals surface area (Å²) in [7, 11) is 1.38. The maximum absolute atomic E-state index is 11.5. The van der Waals surface area contributed by atoms with Gasteiger partial charge < -0.3 is 9.47 Å². The Morgan fingerprint density at radius 2 is 1.70 bits per heavy atom. The van der Waals surface area contributed by atoms with Crippen LogP contribution >= 0.6 is 0 Å². The summed E-state index contributed by atoms with van der Waals surface area (Å²) in [6.45, 7) is 3.17. The molecule has 0 N–H and O–H groups in total. The van der Waals surface area contributed by atoms with Gasteiger partial charge in [0.2, 0.25) is 0 Å². The zero-order valence-corrected chi connectivity index (χ0v) is 11.7. The highest BCUT2D eigenvalue weighted by Crippen LogP contribution is 2.25. The van der Waals surface area contributed by atoms with Gasteiger partial charge in [0.1, 0.15) is 5.75 Å². The summed E-state index contributed by atoms with van der Waals surface area (Å²) in [5, 5.41) is 1.93. The molecular weight excluding hydrogens is 256 g/mol. The molecule has 20 heavy (non-hydrogen) atoms. The largest absolute Gasteiger partial charge is 0.469 e. The molecule has 1 atom stereocenters. The van der Waals surface area contributed by atoms with Crippen molar-refractivity contribution in [3.05, 3.63) is 42.0 Å². The second kappa shape index (κ2) is 5.74. The van der Waals surface area contributed by atoms with Gasteiger partial charge in [0.05, 0.1) is 13.0 Å². The highest BCUT2D eigenvalue weighted by molar-refractivity contribution is 5.87. The lowest BCUT2D eigenvalue weighted by molar-refractivity contribution is -0.142. The average molecular weight is 272 g/mol. The van der Waals surface area contributed by atoms with Crippen LogP contribution < -0.4 is 4.74 Å². The maximum Gasteiger partial charge on any atom is 0.312 e. The Hall–Kier alpha value is -2.36. The molecule has 2 aromatic carbocycles. The van der Waals surface area contributed by atoms with Gasteiger partial charge in [-0.15, -0.1) is 0 Å². The van der Waals surface area contributed by atoms with E-state index >= 15 is 0 Å². The lowest BCUT2D eigenvalue weighted by atomic mass is 9.98. The smallest absolute Gasteiger partial charge is 0.312 e. The summed E-state index contributed by atoms with van der Waals surface area (Å²) >= 11 is 0. The van der Waals surface area contributed by atoms with Gasteiger partial charge in [-0.05, 0) is 35.4 Å². The van der Waals surface area contributed by atoms with Crippen molar-refractivity contribution in [1.29, 1.82) is 0 Å². The zero-order valence-electron chi connectivity index (χ0n) is 11.7. The summed E-state index contributed by atoms with van der Waals surface area (Å²) < 4.78 is 9.79. The van der Waals surface area contributed by atoms with Crippen LogP contribution in [0.1, 0.15) is 25.3 Å². The van der Waals surface area contributed by atoms with Crippen molar-refractivity contribution in [2.75, 3.05) is 7.11 Å². The molecule has 0 spiro atoms. The van der Waals surface area contributed by atoms with E-state index in [1.807, 2.05) is 24.3 Å². The first-order valence-corrected chi connectivity index (χ1v) is 6.31. The minimum absolute atomic E-state index is 0.263. The maximum atomic E-state index is 11.5. The van der Waals surface area contributed by atoms with Crippen LogP contribution in [0.25, 0.3) is 10.8 Å². The van der Waals surface area contributed by atoms with Crippen LogP contribution in [0.15, 0.2) is 36.4 Å². The summed E-state index contributed by atoms with van der Waals surface area (Å²) in [4.78, 5) is 22.5. The fourth-order valence-electron chi connectivity index (χ4n) is 2.05. The van der Waals surface area contributed by atoms with Crippen LogP contribution in [0.2, 0.25) is 0 Å². The fourth-order valence-corrected chi connectivity index (χ4v) is 2.05. The van der Waals surface area contributed by atoms with Crippen LogP contribution in [-0.4, -0.2) is 19.0 Å². The van der Waals surface area contributed by atoms with E-state index in [0.29, 0.717) is 5.75 Å². The predicted octanol–water partition coefficient (Wildman–Crippen LogP) is 3.04. The van der Waals surface area contributed by atoms with Crippen molar-refractivity contribution in [1.82, 2.24) is 0 Å². The number of methoxy groups -OCH3 is 1. The van der Waals surface area contributed by atoms with Gasteiger partial charge in [-0.25, -0.2) is 0 Å². The molecule has 0 aromatic heterocycles. The second-order valence-corrected chi connectivity index (χ2v) is 4.61. The first kappa shape index (κ1) is 14.1. The number of fused-ring (bicyclic) bond motifs is 1. The van der Waals surface area contributed by atoms with E-state index < -0.39 is 0 Å². The van der Waals surface area contributed by atoms with E-state index in [-0.39, 0.29) is 17.9 Å². The van der Waals surface area contributed by atoms with Gasteiger partial charge in [-0.1, -0.05) is 24.3 Å². The molecule has 0 saturated carbocycles. The van der Waals surface area contributed by atoms with Gasteiger partial charge in [0, 0.05) is 6.92 Å². The minimum atomic E-state index is -0.347. The molecule has 0 fully saturated rings. The molecule has 0 heterocycles. The van der Waals surface area contributed by atoms with Crippen LogP contribution in [0.3, 0.4) is 0 Å². The van der Waals surface area contributed by atoms with Crippen molar-refractivity contribution in [2.45, 2.75) is 19.8 Å². The molecule has 1 unspecified atom stereocenters. The lowest BCUT2D eigenvalue weighted by Crippen LogP contribution is -2.10. The van der Waals surface area contributed by atoms with Crippen LogP contribution in [0.4, 0.5) is 0 Å². The third kappa shape index (κ3) is 2.96. The predicted molar refractivity (Wildman–Crippen MR) is 75.7 cm³/mol. The monoisotopic (exact) mass is 272 g/mol. The normalized spacial score (nSPS) is 11.9. The van der Waals surface area contributed by atoms with Crippen molar-refractivity contribution in [3.8, 4) is 5.75 Å². The number of esters is 2. The van der Waals surface area contributed by atoms with Crippen molar-refractivity contribution < 1.29 is 19.1 Å². The quantitative estimate of drug-likeness (QED) is 0.636. The highest BCUT2D eigenvalue weighted by atomic mass is 16.5. The van der Waals surface area contributed by atoms with E-state index in [0.717, 1.165) is 16.3 Å². The first-order valence-electron chi connectivity index (χ1n) is 6.31. The highest BCUT2D eigenvalue weighted by Gasteiger charge is 2.15. The zero-order chi connectivity index (χ0) is 14.7. The summed E-state index contributed by atoms with van der Waals surface area (Å²) in [5.74, 6) is -0.405. The fraction of sp³-hybridized carbons (Fsp3) is 0.250. The summed E-state index contributed by atoms with van der Waals surface area (Å²) in [5.41, 5.74) is 0.893. The Labute approximate surface area is 117 Å². The van der Waals surface area contributed by atoms with Gasteiger partial charge in [0.15, 0.2) is 0 Å². The standard InChI is InChI=1S/C16H16O4/c1-10(16(18)19-3)12-4-5-14-9-15(20-11(2)17)7-6-13(14)8-12/h4-10H,1-3H3. The molecule has 0 saturated heterocycles. The molecule has 0 aliphatic heterocycles. The van der Waals surface area contributed by atoms with E-state index in [9.17, 15) is 9.59 Å². The van der Waals surface area contributed by atoms with Crippen molar-refractivity contribution in [3.63, 3.8) is 0 Å². The Kier molecular flexibility index (Phi) is 4.03. The van der Waals surface area contributed by atoms with E-state index in [4.69, 9.17) is 9.47 Å². The third-order valence-electron chi connectivity index (χ3n) is 3.15. The number of carbonyl (C=O) groups is 2. The lowest BCUT2D eigenvalue weighted by Gasteiger charge is -2.11. The van der Waals surface area contributed by atoms with Crippen molar-refractivity contribution in [2.24, 2.45) is 0 Å². The number of hydrogen-bond donors (Lipinski definition) is 0. The van der Waals surface area contributed by atoms with Crippen LogP contribution in [0, 0.1) is 0 Å². The number of carbonyl (C=O) groups excluding carboxylic acids is 2. The Morgan fingerprint density at radius 1 is 1.05 bits per heavy atom. The molecular formula is C16H16O4. The second-order valence-electron chi connectivity index (χ2n) is 4.61. The first-order chi connectivity index (χ1) is 9.51. The van der Waals surface area contributed by atoms with E-state index in [2.05, 4.69) is 0 Å². The van der Waals surface area contributed by atoms with Gasteiger partial charge in [-0.2, -0.15) is 0 Å². The van der Waals surface area contributed by atoms with Crippen LogP contribution in [-0.2, 0) is 14.3 Å². The van der Waals surface area contributed by atoms with Crippen molar-refractivity contribution >= 4 is 22.7 Å². The minimum Gasteiger partial charge on any atom is -0.469 e. The van der Waals surface area contributed by atoms with E-state index in [1.54, 1.807) is 19.1 Å². The van der Waals surface area contributed by atoms with Gasteiger partial charge in [0.25, 0.3) is 0 Å². The van der Waals surface area contributed by atoms with Crippen LogP contribution in [0.5, 0.6) is 5.75 Å². The van der Waals surface area contributed by atoms with Gasteiger partial charge in [-0.3, -0.25) is 9.59 Å². The molecule has 0 bridgehead atoms. The number of benzene rings is 2.